The summed E-state index contributed by atoms with van der Waals surface area (Å²) in [4.78, 5) is 11.6. The maximum absolute atomic E-state index is 11.6. The molecule has 6 heteroatoms. The van der Waals surface area contributed by atoms with Crippen molar-refractivity contribution in [3.8, 4) is 6.07 Å². The van der Waals surface area contributed by atoms with Gasteiger partial charge >= 0.3 is 0 Å². The third-order valence-corrected chi connectivity index (χ3v) is 4.01. The highest BCUT2D eigenvalue weighted by Crippen LogP contribution is 2.09. The minimum absolute atomic E-state index is 0.137. The fourth-order valence-electron chi connectivity index (χ4n) is 1.56. The number of hydrogen-bond donors (Lipinski definition) is 1. The molecule has 5 nitrogen and oxygen atoms in total. The summed E-state index contributed by atoms with van der Waals surface area (Å²) in [5.41, 5.74) is 1.56. The predicted molar refractivity (Wildman–Crippen MR) is 73.3 cm³/mol. The molecular weight excluding hydrogens is 264 g/mol. The summed E-state index contributed by atoms with van der Waals surface area (Å²) in [5, 5.41) is 10.9. The topological polar surface area (TPSA) is 87.0 Å². The smallest absolute Gasteiger partial charge is 0.239 e. The van der Waals surface area contributed by atoms with Crippen molar-refractivity contribution in [1.29, 1.82) is 5.26 Å². The number of aryl methyl sites for hydroxylation is 1. The molecule has 0 saturated carbocycles. The molecule has 0 aliphatic rings. The number of carbonyl (C=O) groups excluding carboxylic acids is 1. The van der Waals surface area contributed by atoms with Gasteiger partial charge in [-0.1, -0.05) is 12.1 Å². The first kappa shape index (κ1) is 15.2. The van der Waals surface area contributed by atoms with Crippen LogP contribution in [0.25, 0.3) is 0 Å². The Morgan fingerprint density at radius 3 is 2.79 bits per heavy atom. The lowest BCUT2D eigenvalue weighted by atomic mass is 10.2. The fourth-order valence-corrected chi connectivity index (χ4v) is 2.76. The molecule has 19 heavy (non-hydrogen) atoms. The summed E-state index contributed by atoms with van der Waals surface area (Å²) in [5.74, 6) is -1.24. The quantitative estimate of drug-likeness (QED) is 0.803. The van der Waals surface area contributed by atoms with E-state index in [4.69, 9.17) is 5.26 Å². The van der Waals surface area contributed by atoms with Crippen molar-refractivity contribution in [2.45, 2.75) is 19.8 Å². The van der Waals surface area contributed by atoms with Crippen LogP contribution in [0, 0.1) is 18.3 Å². The molecule has 0 saturated heterocycles. The second-order valence-electron chi connectivity index (χ2n) is 4.27. The van der Waals surface area contributed by atoms with Gasteiger partial charge in [0.1, 0.15) is 5.75 Å². The summed E-state index contributed by atoms with van der Waals surface area (Å²) >= 11 is 0. The lowest BCUT2D eigenvalue weighted by Gasteiger charge is -2.06. The third kappa shape index (κ3) is 6.02. The van der Waals surface area contributed by atoms with E-state index in [-0.39, 0.29) is 18.6 Å². The van der Waals surface area contributed by atoms with Crippen LogP contribution < -0.4 is 5.32 Å². The van der Waals surface area contributed by atoms with Gasteiger partial charge in [0, 0.05) is 12.1 Å². The third-order valence-electron chi connectivity index (χ3n) is 2.40. The summed E-state index contributed by atoms with van der Waals surface area (Å²) in [6.45, 7) is 1.88. The van der Waals surface area contributed by atoms with Gasteiger partial charge in [-0.25, -0.2) is 8.42 Å². The van der Waals surface area contributed by atoms with Gasteiger partial charge in [0.15, 0.2) is 9.84 Å². The standard InChI is InChI=1S/C13H16N2O3S/c1-11-5-4-6-12(9-11)15-13(16)10-19(17,18)8-3-2-7-14/h4-6,9H,2-3,8,10H2,1H3,(H,15,16). The van der Waals surface area contributed by atoms with Crippen molar-refractivity contribution in [3.63, 3.8) is 0 Å². The van der Waals surface area contributed by atoms with E-state index in [2.05, 4.69) is 5.32 Å². The van der Waals surface area contributed by atoms with E-state index in [0.29, 0.717) is 5.69 Å². The molecule has 0 radical (unpaired) electrons. The highest BCUT2D eigenvalue weighted by Gasteiger charge is 2.16. The number of anilines is 1. The molecule has 0 unspecified atom stereocenters. The fraction of sp³-hybridized carbons (Fsp3) is 0.385. The Bertz CT molecular complexity index is 588. The lowest BCUT2D eigenvalue weighted by molar-refractivity contribution is -0.113. The van der Waals surface area contributed by atoms with Crippen LogP contribution in [-0.2, 0) is 14.6 Å². The Morgan fingerprint density at radius 2 is 2.16 bits per heavy atom. The van der Waals surface area contributed by atoms with Gasteiger partial charge in [0.2, 0.25) is 5.91 Å². The van der Waals surface area contributed by atoms with Crippen molar-refractivity contribution < 1.29 is 13.2 Å². The average Bonchev–Trinajstić information content (AvgIpc) is 2.27. The molecule has 1 aromatic carbocycles. The second-order valence-corrected chi connectivity index (χ2v) is 6.46. The number of unbranched alkanes of at least 4 members (excludes halogenated alkanes) is 1. The molecule has 0 aliphatic carbocycles. The minimum atomic E-state index is -3.45. The van der Waals surface area contributed by atoms with Gasteiger partial charge in [-0.15, -0.1) is 0 Å². The zero-order valence-corrected chi connectivity index (χ0v) is 11.5. The highest BCUT2D eigenvalue weighted by atomic mass is 32.2. The van der Waals surface area contributed by atoms with Gasteiger partial charge in [-0.05, 0) is 31.0 Å². The van der Waals surface area contributed by atoms with E-state index < -0.39 is 21.5 Å². The van der Waals surface area contributed by atoms with E-state index in [1.807, 2.05) is 19.1 Å². The van der Waals surface area contributed by atoms with Crippen molar-refractivity contribution in [2.75, 3.05) is 16.8 Å². The maximum atomic E-state index is 11.6. The molecule has 1 N–H and O–H groups in total. The molecule has 0 heterocycles. The van der Waals surface area contributed by atoms with Gasteiger partial charge in [-0.2, -0.15) is 5.26 Å². The number of nitrogens with zero attached hydrogens (tertiary/aromatic N) is 1. The number of sulfone groups is 1. The number of hydrogen-bond acceptors (Lipinski definition) is 4. The molecule has 1 rings (SSSR count). The van der Waals surface area contributed by atoms with Crippen molar-refractivity contribution in [1.82, 2.24) is 0 Å². The Kier molecular flexibility index (Phi) is 5.52. The van der Waals surface area contributed by atoms with Crippen LogP contribution in [0.4, 0.5) is 5.69 Å². The van der Waals surface area contributed by atoms with Crippen LogP contribution in [0.3, 0.4) is 0 Å². The zero-order valence-electron chi connectivity index (χ0n) is 10.7. The molecule has 0 bridgehead atoms. The average molecular weight is 280 g/mol. The lowest BCUT2D eigenvalue weighted by Crippen LogP contribution is -2.24. The molecule has 0 atom stereocenters. The van der Waals surface area contributed by atoms with Crippen LogP contribution in [-0.4, -0.2) is 25.8 Å². The van der Waals surface area contributed by atoms with Crippen LogP contribution in [0.15, 0.2) is 24.3 Å². The number of amides is 1. The number of benzene rings is 1. The van der Waals surface area contributed by atoms with Crippen LogP contribution in [0.2, 0.25) is 0 Å². The Hall–Kier alpha value is -1.87. The first-order chi connectivity index (χ1) is 8.93. The summed E-state index contributed by atoms with van der Waals surface area (Å²) < 4.78 is 23.2. The Balaban J connectivity index is 2.53. The second kappa shape index (κ2) is 6.90. The SMILES string of the molecule is Cc1cccc(NC(=O)CS(=O)(=O)CCCC#N)c1. The number of nitrogens with one attached hydrogen (secondary N) is 1. The van der Waals surface area contributed by atoms with Gasteiger partial charge < -0.3 is 5.32 Å². The Labute approximate surface area is 113 Å². The van der Waals surface area contributed by atoms with E-state index >= 15 is 0 Å². The van der Waals surface area contributed by atoms with Crippen LogP contribution >= 0.6 is 0 Å². The number of nitriles is 1. The molecule has 1 aromatic rings. The van der Waals surface area contributed by atoms with Crippen LogP contribution in [0.1, 0.15) is 18.4 Å². The molecule has 0 aliphatic heterocycles. The normalized spacial score (nSPS) is 10.7. The zero-order chi connectivity index (χ0) is 14.3. The van der Waals surface area contributed by atoms with E-state index in [1.165, 1.54) is 0 Å². The van der Waals surface area contributed by atoms with Crippen LogP contribution in [0.5, 0.6) is 0 Å². The molecule has 102 valence electrons. The summed E-state index contributed by atoms with van der Waals surface area (Å²) in [6.07, 6.45) is 0.440. The molecule has 0 aromatic heterocycles. The van der Waals surface area contributed by atoms with E-state index in [1.54, 1.807) is 18.2 Å². The molecule has 0 spiro atoms. The highest BCUT2D eigenvalue weighted by molar-refractivity contribution is 7.92. The first-order valence-corrected chi connectivity index (χ1v) is 7.69. The van der Waals surface area contributed by atoms with Crippen molar-refractivity contribution >= 4 is 21.4 Å². The summed E-state index contributed by atoms with van der Waals surface area (Å²) in [6, 6.07) is 9.01. The molecule has 1 amide bonds. The maximum Gasteiger partial charge on any atom is 0.239 e. The minimum Gasteiger partial charge on any atom is -0.325 e. The van der Waals surface area contributed by atoms with Gasteiger partial charge in [-0.3, -0.25) is 4.79 Å². The molecule has 0 fully saturated rings. The largest absolute Gasteiger partial charge is 0.325 e. The van der Waals surface area contributed by atoms with E-state index in [0.717, 1.165) is 5.56 Å². The van der Waals surface area contributed by atoms with Gasteiger partial charge in [0.25, 0.3) is 0 Å². The number of rotatable bonds is 6. The van der Waals surface area contributed by atoms with Crippen molar-refractivity contribution in [2.24, 2.45) is 0 Å². The first-order valence-electron chi connectivity index (χ1n) is 5.87. The van der Waals surface area contributed by atoms with Crippen molar-refractivity contribution in [3.05, 3.63) is 29.8 Å². The number of carbonyl (C=O) groups is 1. The Morgan fingerprint density at radius 1 is 1.42 bits per heavy atom. The van der Waals surface area contributed by atoms with E-state index in [9.17, 15) is 13.2 Å². The predicted octanol–water partition coefficient (Wildman–Crippen LogP) is 1.65. The summed E-state index contributed by atoms with van der Waals surface area (Å²) in [7, 11) is -3.45. The molecular formula is C13H16N2O3S. The monoisotopic (exact) mass is 280 g/mol. The van der Waals surface area contributed by atoms with Gasteiger partial charge in [0.05, 0.1) is 11.8 Å².